The Hall–Kier alpha value is -1.67. The number of hydrogen-bond donors (Lipinski definition) is 2. The molecule has 1 aromatic heterocycles. The highest BCUT2D eigenvalue weighted by Crippen LogP contribution is 2.26. The van der Waals surface area contributed by atoms with Crippen molar-refractivity contribution in [3.05, 3.63) is 40.5 Å². The van der Waals surface area contributed by atoms with Crippen LogP contribution in [0.15, 0.2) is 34.9 Å². The Morgan fingerprint density at radius 1 is 1.30 bits per heavy atom. The molecule has 23 heavy (non-hydrogen) atoms. The maximum absolute atomic E-state index is 11.5. The van der Waals surface area contributed by atoms with E-state index in [4.69, 9.17) is 0 Å². The summed E-state index contributed by atoms with van der Waals surface area (Å²) in [4.78, 5) is 8.55. The normalized spacial score (nSPS) is 19.5. The Labute approximate surface area is 143 Å². The van der Waals surface area contributed by atoms with Gasteiger partial charge >= 0.3 is 0 Å². The van der Waals surface area contributed by atoms with E-state index in [0.29, 0.717) is 18.2 Å². The molecule has 122 valence electrons. The molecule has 8 heteroatoms. The molecule has 1 aliphatic heterocycles. The molecule has 0 spiro atoms. The van der Waals surface area contributed by atoms with Crippen molar-refractivity contribution >= 4 is 43.2 Å². The fraction of sp³-hybridized carbons (Fsp3) is 0.333. The Kier molecular flexibility index (Phi) is 4.54. The highest BCUT2D eigenvalue weighted by atomic mass is 79.9. The van der Waals surface area contributed by atoms with E-state index in [-0.39, 0.29) is 17.5 Å². The molecule has 1 saturated heterocycles. The molecule has 1 aliphatic rings. The van der Waals surface area contributed by atoms with Crippen LogP contribution in [0.1, 0.15) is 12.0 Å². The Balaban J connectivity index is 1.72. The summed E-state index contributed by atoms with van der Waals surface area (Å²) >= 11 is 3.52. The number of anilines is 3. The van der Waals surface area contributed by atoms with E-state index in [0.717, 1.165) is 15.7 Å². The molecule has 0 radical (unpaired) electrons. The van der Waals surface area contributed by atoms with Crippen LogP contribution in [0.3, 0.4) is 0 Å². The Morgan fingerprint density at radius 3 is 2.83 bits per heavy atom. The lowest BCUT2D eigenvalue weighted by Gasteiger charge is -2.12. The lowest BCUT2D eigenvalue weighted by Crippen LogP contribution is -2.22. The molecule has 0 aliphatic carbocycles. The second-order valence-electron chi connectivity index (χ2n) is 5.62. The van der Waals surface area contributed by atoms with Gasteiger partial charge < -0.3 is 10.6 Å². The molecule has 1 atom stereocenters. The van der Waals surface area contributed by atoms with Crippen molar-refractivity contribution in [3.8, 4) is 0 Å². The van der Waals surface area contributed by atoms with E-state index in [9.17, 15) is 8.42 Å². The van der Waals surface area contributed by atoms with Crippen LogP contribution in [0.25, 0.3) is 0 Å². The standard InChI is InChI=1S/C15H17BrN4O2S/c1-10-2-3-13(12(16)8-10)19-14-4-6-17-15(20-14)18-11-5-7-23(21,22)9-11/h2-4,6,8,11H,5,7,9H2,1H3,(H2,17,18,19,20). The predicted molar refractivity (Wildman–Crippen MR) is 94.9 cm³/mol. The molecule has 2 heterocycles. The number of nitrogens with one attached hydrogen (secondary N) is 2. The smallest absolute Gasteiger partial charge is 0.224 e. The van der Waals surface area contributed by atoms with Crippen molar-refractivity contribution < 1.29 is 8.42 Å². The third-order valence-corrected chi connectivity index (χ3v) is 6.03. The minimum atomic E-state index is -2.92. The van der Waals surface area contributed by atoms with Crippen LogP contribution in [0.2, 0.25) is 0 Å². The molecular weight excluding hydrogens is 380 g/mol. The van der Waals surface area contributed by atoms with Crippen molar-refractivity contribution in [2.45, 2.75) is 19.4 Å². The second-order valence-corrected chi connectivity index (χ2v) is 8.70. The molecule has 0 amide bonds. The van der Waals surface area contributed by atoms with E-state index in [1.807, 2.05) is 25.1 Å². The van der Waals surface area contributed by atoms with Crippen molar-refractivity contribution in [1.82, 2.24) is 9.97 Å². The van der Waals surface area contributed by atoms with Gasteiger partial charge in [-0.25, -0.2) is 13.4 Å². The summed E-state index contributed by atoms with van der Waals surface area (Å²) in [6.45, 7) is 2.02. The van der Waals surface area contributed by atoms with Crippen LogP contribution in [-0.4, -0.2) is 35.9 Å². The van der Waals surface area contributed by atoms with Crippen molar-refractivity contribution in [2.24, 2.45) is 0 Å². The van der Waals surface area contributed by atoms with E-state index in [1.165, 1.54) is 0 Å². The number of hydrogen-bond acceptors (Lipinski definition) is 6. The van der Waals surface area contributed by atoms with Gasteiger partial charge in [-0.3, -0.25) is 0 Å². The van der Waals surface area contributed by atoms with Gasteiger partial charge in [0.1, 0.15) is 5.82 Å². The van der Waals surface area contributed by atoms with Gasteiger partial charge in [-0.05, 0) is 53.0 Å². The lowest BCUT2D eigenvalue weighted by molar-refractivity contribution is 0.602. The number of rotatable bonds is 4. The first-order valence-corrected chi connectivity index (χ1v) is 9.86. The Morgan fingerprint density at radius 2 is 2.13 bits per heavy atom. The minimum Gasteiger partial charge on any atom is -0.350 e. The summed E-state index contributed by atoms with van der Waals surface area (Å²) < 4.78 is 24.0. The number of nitrogens with zero attached hydrogens (tertiary/aromatic N) is 2. The largest absolute Gasteiger partial charge is 0.350 e. The summed E-state index contributed by atoms with van der Waals surface area (Å²) in [5, 5.41) is 6.32. The van der Waals surface area contributed by atoms with Gasteiger partial charge in [-0.15, -0.1) is 0 Å². The Bertz CT molecular complexity index is 826. The molecule has 1 aromatic carbocycles. The van der Waals surface area contributed by atoms with E-state index in [2.05, 4.69) is 36.5 Å². The number of aryl methyl sites for hydroxylation is 1. The minimum absolute atomic E-state index is 0.124. The van der Waals surface area contributed by atoms with Crippen LogP contribution < -0.4 is 10.6 Å². The van der Waals surface area contributed by atoms with Crippen LogP contribution in [0.4, 0.5) is 17.5 Å². The fourth-order valence-electron chi connectivity index (χ4n) is 2.45. The van der Waals surface area contributed by atoms with Crippen LogP contribution >= 0.6 is 15.9 Å². The van der Waals surface area contributed by atoms with Crippen molar-refractivity contribution in [3.63, 3.8) is 0 Å². The van der Waals surface area contributed by atoms with Gasteiger partial charge in [0, 0.05) is 16.7 Å². The third kappa shape index (κ3) is 4.20. The number of benzene rings is 1. The summed E-state index contributed by atoms with van der Waals surface area (Å²) in [5.74, 6) is 1.43. The first kappa shape index (κ1) is 16.2. The second kappa shape index (κ2) is 6.45. The molecular formula is C15H17BrN4O2S. The SMILES string of the molecule is Cc1ccc(Nc2ccnc(NC3CCS(=O)(=O)C3)n2)c(Br)c1. The van der Waals surface area contributed by atoms with Crippen LogP contribution in [-0.2, 0) is 9.84 Å². The van der Waals surface area contributed by atoms with Gasteiger partial charge in [-0.2, -0.15) is 4.98 Å². The molecule has 2 aromatic rings. The van der Waals surface area contributed by atoms with Gasteiger partial charge in [0.25, 0.3) is 0 Å². The molecule has 2 N–H and O–H groups in total. The van der Waals surface area contributed by atoms with E-state index in [1.54, 1.807) is 12.3 Å². The van der Waals surface area contributed by atoms with Crippen molar-refractivity contribution in [1.29, 1.82) is 0 Å². The number of halogens is 1. The zero-order valence-electron chi connectivity index (χ0n) is 12.6. The van der Waals surface area contributed by atoms with Crippen molar-refractivity contribution in [2.75, 3.05) is 22.1 Å². The first-order chi connectivity index (χ1) is 10.9. The molecule has 3 rings (SSSR count). The predicted octanol–water partition coefficient (Wildman–Crippen LogP) is 2.89. The van der Waals surface area contributed by atoms with Gasteiger partial charge in [0.05, 0.1) is 17.2 Å². The molecule has 1 unspecified atom stereocenters. The summed E-state index contributed by atoms with van der Waals surface area (Å²) in [7, 11) is -2.92. The quantitative estimate of drug-likeness (QED) is 0.826. The zero-order valence-corrected chi connectivity index (χ0v) is 15.0. The highest BCUT2D eigenvalue weighted by Gasteiger charge is 2.28. The van der Waals surface area contributed by atoms with Gasteiger partial charge in [0.15, 0.2) is 9.84 Å². The lowest BCUT2D eigenvalue weighted by atomic mass is 10.2. The zero-order chi connectivity index (χ0) is 16.4. The summed E-state index contributed by atoms with van der Waals surface area (Å²) in [6, 6.07) is 7.64. The van der Waals surface area contributed by atoms with Crippen LogP contribution in [0, 0.1) is 6.92 Å². The molecule has 0 bridgehead atoms. The van der Waals surface area contributed by atoms with Gasteiger partial charge in [0.2, 0.25) is 5.95 Å². The topological polar surface area (TPSA) is 84.0 Å². The van der Waals surface area contributed by atoms with E-state index < -0.39 is 9.84 Å². The molecule has 1 fully saturated rings. The monoisotopic (exact) mass is 396 g/mol. The summed E-state index contributed by atoms with van der Waals surface area (Å²) in [5.41, 5.74) is 2.07. The maximum atomic E-state index is 11.5. The molecule has 6 nitrogen and oxygen atoms in total. The summed E-state index contributed by atoms with van der Waals surface area (Å²) in [6.07, 6.45) is 2.23. The average Bonchev–Trinajstić information content (AvgIpc) is 2.81. The van der Waals surface area contributed by atoms with Gasteiger partial charge in [-0.1, -0.05) is 6.07 Å². The third-order valence-electron chi connectivity index (χ3n) is 3.61. The van der Waals surface area contributed by atoms with Crippen LogP contribution in [0.5, 0.6) is 0 Å². The molecule has 0 saturated carbocycles. The van der Waals surface area contributed by atoms with E-state index >= 15 is 0 Å². The first-order valence-electron chi connectivity index (χ1n) is 7.24. The highest BCUT2D eigenvalue weighted by molar-refractivity contribution is 9.10. The average molecular weight is 397 g/mol. The fourth-order valence-corrected chi connectivity index (χ4v) is 4.71. The number of sulfone groups is 1. The number of aromatic nitrogens is 2. The maximum Gasteiger partial charge on any atom is 0.224 e.